The van der Waals surface area contributed by atoms with Gasteiger partial charge in [-0.15, -0.1) is 0 Å². The molecule has 4 heterocycles. The lowest BCUT2D eigenvalue weighted by molar-refractivity contribution is 0.103. The molecule has 1 atom stereocenters. The van der Waals surface area contributed by atoms with Crippen molar-refractivity contribution in [1.29, 1.82) is 0 Å². The fourth-order valence-electron chi connectivity index (χ4n) is 3.35. The Labute approximate surface area is 159 Å². The van der Waals surface area contributed by atoms with Crippen LogP contribution in [0.3, 0.4) is 0 Å². The predicted octanol–water partition coefficient (Wildman–Crippen LogP) is 2.81. The van der Waals surface area contributed by atoms with Crippen molar-refractivity contribution < 1.29 is 6.22 Å². The highest BCUT2D eigenvalue weighted by Gasteiger charge is 2.23. The van der Waals surface area contributed by atoms with Crippen LogP contribution in [0.4, 0.5) is 5.82 Å². The summed E-state index contributed by atoms with van der Waals surface area (Å²) in [6, 6.07) is 13.4. The molecule has 0 aliphatic carbocycles. The zero-order valence-corrected chi connectivity index (χ0v) is 15.2. The Morgan fingerprint density at radius 1 is 1.19 bits per heavy atom. The van der Waals surface area contributed by atoms with Crippen molar-refractivity contribution in [3.63, 3.8) is 0 Å². The second kappa shape index (κ2) is 7.63. The first-order chi connectivity index (χ1) is 13.2. The summed E-state index contributed by atoms with van der Waals surface area (Å²) in [7, 11) is 0. The molecule has 4 rings (SSSR count). The Kier molecular flexibility index (Phi) is 4.89. The van der Waals surface area contributed by atoms with Crippen LogP contribution in [0.25, 0.3) is 0 Å². The van der Waals surface area contributed by atoms with Gasteiger partial charge in [0.15, 0.2) is 0 Å². The van der Waals surface area contributed by atoms with E-state index < -0.39 is 0 Å². The maximum Gasteiger partial charge on any atom is 0.213 e. The zero-order chi connectivity index (χ0) is 18.6. The van der Waals surface area contributed by atoms with Crippen molar-refractivity contribution in [2.45, 2.75) is 13.0 Å². The molecule has 0 radical (unpaired) electrons. The fraction of sp³-hybridized carbons (Fsp3) is 0.238. The molecule has 0 spiro atoms. The number of nitrogens with zero attached hydrogens (tertiary/aromatic N) is 4. The van der Waals surface area contributed by atoms with Gasteiger partial charge in [-0.2, -0.15) is 0 Å². The SMILES string of the molecule is Cc1ncccc1C(=O)c1cccc(N2CCNC(c3cccnc3)C2)n1.[HH]. The fourth-order valence-corrected chi connectivity index (χ4v) is 3.35. The number of aryl methyl sites for hydroxylation is 1. The van der Waals surface area contributed by atoms with E-state index in [1.54, 1.807) is 30.6 Å². The standard InChI is InChI=1S/C21H21N5O.H2/c1-15-17(6-4-10-23-15)21(27)18-7-2-8-20(25-18)26-12-11-24-19(14-26)16-5-3-9-22-13-16;/h2-10,13,19,24H,11-12,14H2,1H3;1H. The van der Waals surface area contributed by atoms with Crippen LogP contribution < -0.4 is 10.2 Å². The summed E-state index contributed by atoms with van der Waals surface area (Å²) in [6.07, 6.45) is 5.36. The summed E-state index contributed by atoms with van der Waals surface area (Å²) >= 11 is 0. The van der Waals surface area contributed by atoms with E-state index in [1.807, 2.05) is 31.3 Å². The molecule has 1 saturated heterocycles. The molecular weight excluding hydrogens is 338 g/mol. The molecule has 6 nitrogen and oxygen atoms in total. The minimum absolute atomic E-state index is 0. The summed E-state index contributed by atoms with van der Waals surface area (Å²) in [6.45, 7) is 4.31. The number of hydrogen-bond donors (Lipinski definition) is 1. The molecule has 0 amide bonds. The monoisotopic (exact) mass is 361 g/mol. The van der Waals surface area contributed by atoms with Crippen molar-refractivity contribution >= 4 is 11.6 Å². The molecule has 3 aromatic rings. The van der Waals surface area contributed by atoms with E-state index in [-0.39, 0.29) is 13.3 Å². The smallest absolute Gasteiger partial charge is 0.213 e. The van der Waals surface area contributed by atoms with Crippen molar-refractivity contribution in [3.8, 4) is 0 Å². The van der Waals surface area contributed by atoms with Crippen molar-refractivity contribution in [3.05, 3.63) is 83.6 Å². The van der Waals surface area contributed by atoms with Gasteiger partial charge in [0.1, 0.15) is 11.5 Å². The number of anilines is 1. The molecule has 3 aromatic heterocycles. The maximum atomic E-state index is 12.8. The molecule has 1 fully saturated rings. The quantitative estimate of drug-likeness (QED) is 0.721. The molecule has 0 bridgehead atoms. The van der Waals surface area contributed by atoms with Crippen LogP contribution in [-0.4, -0.2) is 40.4 Å². The molecule has 1 unspecified atom stereocenters. The van der Waals surface area contributed by atoms with Gasteiger partial charge in [0, 0.05) is 50.9 Å². The second-order valence-corrected chi connectivity index (χ2v) is 6.59. The van der Waals surface area contributed by atoms with E-state index in [4.69, 9.17) is 0 Å². The lowest BCUT2D eigenvalue weighted by Crippen LogP contribution is -2.46. The molecule has 138 valence electrons. The topological polar surface area (TPSA) is 71.0 Å². The van der Waals surface area contributed by atoms with Crippen molar-refractivity contribution in [1.82, 2.24) is 20.3 Å². The van der Waals surface area contributed by atoms with Gasteiger partial charge in [-0.1, -0.05) is 12.1 Å². The van der Waals surface area contributed by atoms with Crippen LogP contribution in [0.2, 0.25) is 0 Å². The van der Waals surface area contributed by atoms with E-state index in [0.717, 1.165) is 31.0 Å². The van der Waals surface area contributed by atoms with E-state index in [9.17, 15) is 4.79 Å². The minimum atomic E-state index is -0.0959. The van der Waals surface area contributed by atoms with Gasteiger partial charge >= 0.3 is 0 Å². The third-order valence-electron chi connectivity index (χ3n) is 4.80. The number of aromatic nitrogens is 3. The van der Waals surface area contributed by atoms with Gasteiger partial charge in [-0.05, 0) is 42.8 Å². The zero-order valence-electron chi connectivity index (χ0n) is 15.2. The highest BCUT2D eigenvalue weighted by atomic mass is 16.1. The Morgan fingerprint density at radius 2 is 2.07 bits per heavy atom. The highest BCUT2D eigenvalue weighted by molar-refractivity contribution is 6.08. The van der Waals surface area contributed by atoms with Crippen molar-refractivity contribution in [2.24, 2.45) is 0 Å². The first-order valence-corrected chi connectivity index (χ1v) is 9.04. The molecule has 27 heavy (non-hydrogen) atoms. The third kappa shape index (κ3) is 3.71. The number of pyridine rings is 3. The third-order valence-corrected chi connectivity index (χ3v) is 4.80. The first kappa shape index (κ1) is 17.3. The van der Waals surface area contributed by atoms with Gasteiger partial charge in [-0.3, -0.25) is 14.8 Å². The van der Waals surface area contributed by atoms with Crippen LogP contribution in [-0.2, 0) is 0 Å². The lowest BCUT2D eigenvalue weighted by atomic mass is 10.1. The van der Waals surface area contributed by atoms with Gasteiger partial charge in [0.2, 0.25) is 5.78 Å². The number of carbonyl (C=O) groups excluding carboxylic acids is 1. The van der Waals surface area contributed by atoms with Crippen LogP contribution in [0.1, 0.15) is 34.8 Å². The van der Waals surface area contributed by atoms with E-state index in [0.29, 0.717) is 17.0 Å². The summed E-state index contributed by atoms with van der Waals surface area (Å²) in [5.74, 6) is 0.721. The Morgan fingerprint density at radius 3 is 2.89 bits per heavy atom. The number of piperazine rings is 1. The lowest BCUT2D eigenvalue weighted by Gasteiger charge is -2.34. The number of ketones is 1. The van der Waals surface area contributed by atoms with Crippen LogP contribution >= 0.6 is 0 Å². The summed E-state index contributed by atoms with van der Waals surface area (Å²) in [4.78, 5) is 28.1. The molecule has 1 aliphatic rings. The first-order valence-electron chi connectivity index (χ1n) is 9.04. The Hall–Kier alpha value is -3.12. The summed E-state index contributed by atoms with van der Waals surface area (Å²) in [5, 5.41) is 3.52. The van der Waals surface area contributed by atoms with Crippen LogP contribution in [0, 0.1) is 6.92 Å². The largest absolute Gasteiger partial charge is 0.353 e. The number of rotatable bonds is 4. The van der Waals surface area contributed by atoms with Gasteiger partial charge < -0.3 is 10.2 Å². The van der Waals surface area contributed by atoms with Gasteiger partial charge in [-0.25, -0.2) is 4.98 Å². The number of hydrogen-bond acceptors (Lipinski definition) is 6. The van der Waals surface area contributed by atoms with E-state index in [2.05, 4.69) is 31.2 Å². The average Bonchev–Trinajstić information content (AvgIpc) is 2.74. The summed E-state index contributed by atoms with van der Waals surface area (Å²) < 4.78 is 0. The van der Waals surface area contributed by atoms with E-state index >= 15 is 0 Å². The molecule has 1 aliphatic heterocycles. The second-order valence-electron chi connectivity index (χ2n) is 6.59. The number of carbonyl (C=O) groups is 1. The minimum Gasteiger partial charge on any atom is -0.353 e. The van der Waals surface area contributed by atoms with Crippen LogP contribution in [0.15, 0.2) is 61.1 Å². The predicted molar refractivity (Wildman–Crippen MR) is 106 cm³/mol. The van der Waals surface area contributed by atoms with Crippen LogP contribution in [0.5, 0.6) is 0 Å². The van der Waals surface area contributed by atoms with Gasteiger partial charge in [0.05, 0.1) is 6.04 Å². The normalized spacial score (nSPS) is 16.9. The highest BCUT2D eigenvalue weighted by Crippen LogP contribution is 2.21. The molecule has 1 N–H and O–H groups in total. The average molecular weight is 361 g/mol. The molecule has 0 saturated carbocycles. The van der Waals surface area contributed by atoms with E-state index in [1.165, 1.54) is 0 Å². The molecular formula is C21H23N5O. The Balaban J connectivity index is 0.00000225. The molecule has 6 heteroatoms. The molecule has 0 aromatic carbocycles. The van der Waals surface area contributed by atoms with Crippen molar-refractivity contribution in [2.75, 3.05) is 24.5 Å². The maximum absolute atomic E-state index is 12.8. The Bertz CT molecular complexity index is 950. The number of nitrogens with one attached hydrogen (secondary N) is 1. The van der Waals surface area contributed by atoms with Gasteiger partial charge in [0.25, 0.3) is 0 Å². The summed E-state index contributed by atoms with van der Waals surface area (Å²) in [5.41, 5.74) is 2.91.